The number of anilines is 1. The summed E-state index contributed by atoms with van der Waals surface area (Å²) in [5.74, 6) is -1.54. The predicted octanol–water partition coefficient (Wildman–Crippen LogP) is 5.96. The molecule has 1 amide bonds. The Balaban J connectivity index is 1.74. The molecule has 0 aliphatic carbocycles. The fourth-order valence-electron chi connectivity index (χ4n) is 3.73. The normalized spacial score (nSPS) is 12.7. The van der Waals surface area contributed by atoms with E-state index in [0.29, 0.717) is 22.6 Å². The number of hydrogen-bond donors (Lipinski definition) is 1. The van der Waals surface area contributed by atoms with Gasteiger partial charge < -0.3 is 9.72 Å². The fourth-order valence-corrected chi connectivity index (χ4v) is 3.73. The third-order valence-electron chi connectivity index (χ3n) is 5.24. The SMILES string of the molecule is Cc1cccc2ncc(C(CC(=O)Nc3ccc(F)cc3)c3cccc(C(F)(F)F)c3)n12. The van der Waals surface area contributed by atoms with Gasteiger partial charge in [0.2, 0.25) is 5.91 Å². The van der Waals surface area contributed by atoms with Gasteiger partial charge in [-0.25, -0.2) is 9.37 Å². The van der Waals surface area contributed by atoms with Crippen LogP contribution >= 0.6 is 0 Å². The molecule has 0 saturated heterocycles. The van der Waals surface area contributed by atoms with Gasteiger partial charge in [0.05, 0.1) is 11.3 Å². The van der Waals surface area contributed by atoms with Crippen molar-refractivity contribution in [3.05, 3.63) is 101 Å². The molecule has 32 heavy (non-hydrogen) atoms. The zero-order chi connectivity index (χ0) is 22.9. The smallest absolute Gasteiger partial charge is 0.326 e. The van der Waals surface area contributed by atoms with E-state index in [9.17, 15) is 22.4 Å². The lowest BCUT2D eigenvalue weighted by molar-refractivity contribution is -0.137. The molecule has 0 aliphatic heterocycles. The molecular formula is C24H19F4N3O. The van der Waals surface area contributed by atoms with Crippen molar-refractivity contribution in [3.63, 3.8) is 0 Å². The average molecular weight is 441 g/mol. The number of imidazole rings is 1. The molecule has 0 fully saturated rings. The van der Waals surface area contributed by atoms with Crippen LogP contribution < -0.4 is 5.32 Å². The van der Waals surface area contributed by atoms with Gasteiger partial charge in [-0.1, -0.05) is 24.3 Å². The minimum Gasteiger partial charge on any atom is -0.326 e. The maximum absolute atomic E-state index is 13.3. The van der Waals surface area contributed by atoms with E-state index in [1.165, 1.54) is 30.3 Å². The Morgan fingerprint density at radius 1 is 1.06 bits per heavy atom. The van der Waals surface area contributed by atoms with Gasteiger partial charge in [-0.3, -0.25) is 4.79 Å². The van der Waals surface area contributed by atoms with E-state index in [1.807, 2.05) is 23.5 Å². The molecule has 0 saturated carbocycles. The van der Waals surface area contributed by atoms with Gasteiger partial charge in [-0.15, -0.1) is 0 Å². The molecule has 8 heteroatoms. The first kappa shape index (κ1) is 21.5. The van der Waals surface area contributed by atoms with Crippen molar-refractivity contribution in [2.75, 3.05) is 5.32 Å². The van der Waals surface area contributed by atoms with E-state index >= 15 is 0 Å². The number of halogens is 4. The molecule has 4 aromatic rings. The highest BCUT2D eigenvalue weighted by Crippen LogP contribution is 2.35. The van der Waals surface area contributed by atoms with Gasteiger partial charge >= 0.3 is 6.18 Å². The van der Waals surface area contributed by atoms with Crippen LogP contribution in [0.5, 0.6) is 0 Å². The minimum atomic E-state index is -4.51. The van der Waals surface area contributed by atoms with Crippen molar-refractivity contribution in [2.24, 2.45) is 0 Å². The van der Waals surface area contributed by atoms with Gasteiger partial charge in [0, 0.05) is 29.9 Å². The van der Waals surface area contributed by atoms with Crippen LogP contribution in [0.1, 0.15) is 34.9 Å². The number of hydrogen-bond acceptors (Lipinski definition) is 2. The molecule has 4 rings (SSSR count). The maximum atomic E-state index is 13.3. The van der Waals surface area contributed by atoms with Crippen molar-refractivity contribution in [3.8, 4) is 0 Å². The average Bonchev–Trinajstić information content (AvgIpc) is 3.18. The Morgan fingerprint density at radius 2 is 1.78 bits per heavy atom. The second-order valence-electron chi connectivity index (χ2n) is 7.48. The number of amides is 1. The number of alkyl halides is 3. The molecule has 2 aromatic carbocycles. The van der Waals surface area contributed by atoms with Crippen LogP contribution in [0.15, 0.2) is 72.9 Å². The molecule has 0 spiro atoms. The lowest BCUT2D eigenvalue weighted by Gasteiger charge is -2.19. The first-order chi connectivity index (χ1) is 15.2. The third kappa shape index (κ3) is 4.49. The Kier molecular flexibility index (Phi) is 5.69. The zero-order valence-corrected chi connectivity index (χ0v) is 17.0. The Morgan fingerprint density at radius 3 is 2.50 bits per heavy atom. The van der Waals surface area contributed by atoms with Gasteiger partial charge in [-0.05, 0) is 55.0 Å². The monoisotopic (exact) mass is 441 g/mol. The highest BCUT2D eigenvalue weighted by Gasteiger charge is 2.32. The van der Waals surface area contributed by atoms with Gasteiger partial charge in [0.15, 0.2) is 0 Å². The maximum Gasteiger partial charge on any atom is 0.416 e. The number of fused-ring (bicyclic) bond motifs is 1. The fraction of sp³-hybridized carbons (Fsp3) is 0.167. The summed E-state index contributed by atoms with van der Waals surface area (Å²) in [6, 6.07) is 15.7. The summed E-state index contributed by atoms with van der Waals surface area (Å²) in [7, 11) is 0. The molecule has 4 nitrogen and oxygen atoms in total. The summed E-state index contributed by atoms with van der Waals surface area (Å²) in [6.07, 6.45) is -3.05. The highest BCUT2D eigenvalue weighted by molar-refractivity contribution is 5.91. The minimum absolute atomic E-state index is 0.124. The quantitative estimate of drug-likeness (QED) is 0.389. The first-order valence-corrected chi connectivity index (χ1v) is 9.88. The second kappa shape index (κ2) is 8.45. The number of aryl methyl sites for hydroxylation is 1. The third-order valence-corrected chi connectivity index (χ3v) is 5.24. The van der Waals surface area contributed by atoms with Crippen molar-refractivity contribution >= 4 is 17.2 Å². The molecule has 0 aliphatic rings. The van der Waals surface area contributed by atoms with E-state index < -0.39 is 29.4 Å². The Hall–Kier alpha value is -3.68. The van der Waals surface area contributed by atoms with E-state index in [2.05, 4.69) is 10.3 Å². The summed E-state index contributed by atoms with van der Waals surface area (Å²) >= 11 is 0. The lowest BCUT2D eigenvalue weighted by atomic mass is 9.91. The Labute approximate surface area is 181 Å². The van der Waals surface area contributed by atoms with E-state index in [4.69, 9.17) is 0 Å². The van der Waals surface area contributed by atoms with Crippen molar-refractivity contribution < 1.29 is 22.4 Å². The van der Waals surface area contributed by atoms with Crippen molar-refractivity contribution in [1.29, 1.82) is 0 Å². The molecule has 2 aromatic heterocycles. The standard InChI is InChI=1S/C24H19F4N3O/c1-15-4-2-7-22-29-14-21(31(15)22)20(16-5-3-6-17(12-16)24(26,27)28)13-23(32)30-19-10-8-18(25)9-11-19/h2-12,14,20H,13H2,1H3,(H,30,32). The van der Waals surface area contributed by atoms with Crippen LogP contribution in [0.2, 0.25) is 0 Å². The largest absolute Gasteiger partial charge is 0.416 e. The Bertz CT molecular complexity index is 1260. The number of pyridine rings is 1. The summed E-state index contributed by atoms with van der Waals surface area (Å²) in [5.41, 5.74) is 2.03. The molecule has 164 valence electrons. The molecule has 0 bridgehead atoms. The summed E-state index contributed by atoms with van der Waals surface area (Å²) in [5, 5.41) is 2.68. The molecule has 1 atom stereocenters. The number of nitrogens with zero attached hydrogens (tertiary/aromatic N) is 2. The molecule has 2 heterocycles. The van der Waals surface area contributed by atoms with E-state index in [1.54, 1.807) is 18.3 Å². The molecular weight excluding hydrogens is 422 g/mol. The second-order valence-corrected chi connectivity index (χ2v) is 7.48. The van der Waals surface area contributed by atoms with Crippen LogP contribution in [-0.4, -0.2) is 15.3 Å². The van der Waals surface area contributed by atoms with E-state index in [0.717, 1.165) is 17.8 Å². The number of aromatic nitrogens is 2. The topological polar surface area (TPSA) is 46.4 Å². The van der Waals surface area contributed by atoms with Gasteiger partial charge in [0.25, 0.3) is 0 Å². The van der Waals surface area contributed by atoms with Crippen LogP contribution in [0, 0.1) is 12.7 Å². The summed E-state index contributed by atoms with van der Waals surface area (Å²) < 4.78 is 55.0. The van der Waals surface area contributed by atoms with Crippen molar-refractivity contribution in [1.82, 2.24) is 9.38 Å². The number of carbonyl (C=O) groups excluding carboxylic acids is 1. The zero-order valence-electron chi connectivity index (χ0n) is 17.0. The van der Waals surface area contributed by atoms with Crippen LogP contribution in [0.4, 0.5) is 23.2 Å². The number of benzene rings is 2. The predicted molar refractivity (Wildman–Crippen MR) is 113 cm³/mol. The molecule has 0 radical (unpaired) electrons. The molecule has 1 unspecified atom stereocenters. The number of nitrogens with one attached hydrogen (secondary N) is 1. The summed E-state index contributed by atoms with van der Waals surface area (Å²) in [6.45, 7) is 1.86. The number of rotatable bonds is 5. The van der Waals surface area contributed by atoms with Gasteiger partial charge in [0.1, 0.15) is 11.5 Å². The van der Waals surface area contributed by atoms with Gasteiger partial charge in [-0.2, -0.15) is 13.2 Å². The van der Waals surface area contributed by atoms with Crippen LogP contribution in [0.25, 0.3) is 5.65 Å². The van der Waals surface area contributed by atoms with E-state index in [-0.39, 0.29) is 6.42 Å². The van der Waals surface area contributed by atoms with Crippen LogP contribution in [-0.2, 0) is 11.0 Å². The molecule has 1 N–H and O–H groups in total. The highest BCUT2D eigenvalue weighted by atomic mass is 19.4. The van der Waals surface area contributed by atoms with Crippen LogP contribution in [0.3, 0.4) is 0 Å². The van der Waals surface area contributed by atoms with Crippen molar-refractivity contribution in [2.45, 2.75) is 25.4 Å². The first-order valence-electron chi connectivity index (χ1n) is 9.88. The lowest BCUT2D eigenvalue weighted by Crippen LogP contribution is -2.18. The number of carbonyl (C=O) groups is 1. The summed E-state index contributed by atoms with van der Waals surface area (Å²) in [4.78, 5) is 17.2.